The van der Waals surface area contributed by atoms with Crippen molar-refractivity contribution in [2.24, 2.45) is 0 Å². The quantitative estimate of drug-likeness (QED) is 0.787. The molecule has 0 spiro atoms. The predicted octanol–water partition coefficient (Wildman–Crippen LogP) is 1.67. The Hall–Kier alpha value is -0.210. The maximum Gasteiger partial charge on any atom is 0.215 e. The summed E-state index contributed by atoms with van der Waals surface area (Å²) in [5.74, 6) is 3.37. The number of hydrogen-bond acceptors (Lipinski definition) is 5. The number of rotatable bonds is 7. The van der Waals surface area contributed by atoms with Crippen molar-refractivity contribution in [2.45, 2.75) is 17.5 Å². The molecule has 1 aliphatic heterocycles. The Labute approximate surface area is 135 Å². The second-order valence-electron chi connectivity index (χ2n) is 5.03. The second-order valence-corrected chi connectivity index (χ2v) is 9.39. The highest BCUT2D eigenvalue weighted by molar-refractivity contribution is 8.06. The SMILES string of the molecule is CNCc1cccc(CS(=O)(=O)NCC2CSCCS2)c1. The molecule has 2 N–H and O–H groups in total. The fourth-order valence-electron chi connectivity index (χ4n) is 2.18. The maximum absolute atomic E-state index is 12.2. The minimum absolute atomic E-state index is 0.0507. The van der Waals surface area contributed by atoms with E-state index in [2.05, 4.69) is 10.0 Å². The molecule has 1 saturated heterocycles. The first-order chi connectivity index (χ1) is 10.1. The van der Waals surface area contributed by atoms with Gasteiger partial charge in [-0.1, -0.05) is 24.3 Å². The van der Waals surface area contributed by atoms with Gasteiger partial charge in [-0.2, -0.15) is 23.5 Å². The molecule has 1 aromatic carbocycles. The van der Waals surface area contributed by atoms with E-state index in [1.54, 1.807) is 0 Å². The third-order valence-electron chi connectivity index (χ3n) is 3.14. The van der Waals surface area contributed by atoms with Crippen LogP contribution in [-0.4, -0.2) is 44.5 Å². The number of thioether (sulfide) groups is 2. The smallest absolute Gasteiger partial charge is 0.215 e. The summed E-state index contributed by atoms with van der Waals surface area (Å²) in [6, 6.07) is 7.71. The zero-order valence-electron chi connectivity index (χ0n) is 12.2. The molecule has 0 saturated carbocycles. The molecule has 0 amide bonds. The predicted molar refractivity (Wildman–Crippen MR) is 93.4 cm³/mol. The van der Waals surface area contributed by atoms with Crippen molar-refractivity contribution in [1.29, 1.82) is 0 Å². The molecule has 1 atom stereocenters. The van der Waals surface area contributed by atoms with E-state index in [0.29, 0.717) is 11.8 Å². The van der Waals surface area contributed by atoms with E-state index in [1.807, 2.05) is 54.8 Å². The van der Waals surface area contributed by atoms with Gasteiger partial charge in [-0.05, 0) is 18.2 Å². The lowest BCUT2D eigenvalue weighted by Crippen LogP contribution is -2.34. The summed E-state index contributed by atoms with van der Waals surface area (Å²) in [5, 5.41) is 3.47. The normalized spacial score (nSPS) is 19.6. The molecule has 4 nitrogen and oxygen atoms in total. The molecule has 0 radical (unpaired) electrons. The van der Waals surface area contributed by atoms with Crippen LogP contribution in [0.1, 0.15) is 11.1 Å². The number of sulfonamides is 1. The lowest BCUT2D eigenvalue weighted by molar-refractivity contribution is 0.580. The molecular formula is C14H22N2O2S3. The van der Waals surface area contributed by atoms with Crippen LogP contribution in [-0.2, 0) is 22.3 Å². The summed E-state index contributed by atoms with van der Waals surface area (Å²) in [4.78, 5) is 0. The molecule has 1 unspecified atom stereocenters. The van der Waals surface area contributed by atoms with Crippen molar-refractivity contribution in [2.75, 3.05) is 30.9 Å². The van der Waals surface area contributed by atoms with Crippen molar-refractivity contribution in [1.82, 2.24) is 10.0 Å². The molecule has 21 heavy (non-hydrogen) atoms. The van der Waals surface area contributed by atoms with Crippen LogP contribution in [0, 0.1) is 0 Å². The lowest BCUT2D eigenvalue weighted by Gasteiger charge is -2.21. The van der Waals surface area contributed by atoms with Crippen LogP contribution >= 0.6 is 23.5 Å². The van der Waals surface area contributed by atoms with Gasteiger partial charge in [0.1, 0.15) is 0 Å². The van der Waals surface area contributed by atoms with Gasteiger partial charge in [0, 0.05) is 35.6 Å². The van der Waals surface area contributed by atoms with Gasteiger partial charge < -0.3 is 5.32 Å². The van der Waals surface area contributed by atoms with Crippen molar-refractivity contribution < 1.29 is 8.42 Å². The summed E-state index contributed by atoms with van der Waals surface area (Å²) in [5.41, 5.74) is 1.94. The number of nitrogens with one attached hydrogen (secondary N) is 2. The molecule has 2 rings (SSSR count). The zero-order valence-corrected chi connectivity index (χ0v) is 14.6. The molecule has 1 aromatic rings. The second kappa shape index (κ2) is 8.43. The van der Waals surface area contributed by atoms with Crippen LogP contribution in [0.5, 0.6) is 0 Å². The zero-order chi connectivity index (χ0) is 15.1. The van der Waals surface area contributed by atoms with Crippen LogP contribution in [0.4, 0.5) is 0 Å². The van der Waals surface area contributed by atoms with Crippen molar-refractivity contribution in [3.8, 4) is 0 Å². The molecule has 0 bridgehead atoms. The molecule has 118 valence electrons. The van der Waals surface area contributed by atoms with Gasteiger partial charge in [0.2, 0.25) is 10.0 Å². The average molecular weight is 347 g/mol. The van der Waals surface area contributed by atoms with E-state index in [1.165, 1.54) is 5.75 Å². The highest BCUT2D eigenvalue weighted by Crippen LogP contribution is 2.23. The van der Waals surface area contributed by atoms with Crippen molar-refractivity contribution in [3.05, 3.63) is 35.4 Å². The van der Waals surface area contributed by atoms with Crippen molar-refractivity contribution >= 4 is 33.5 Å². The molecule has 0 aromatic heterocycles. The van der Waals surface area contributed by atoms with E-state index in [-0.39, 0.29) is 5.75 Å². The molecule has 1 aliphatic rings. The van der Waals surface area contributed by atoms with Gasteiger partial charge in [-0.15, -0.1) is 0 Å². The number of hydrogen-bond donors (Lipinski definition) is 2. The van der Waals surface area contributed by atoms with Crippen LogP contribution in [0.25, 0.3) is 0 Å². The Morgan fingerprint density at radius 3 is 2.81 bits per heavy atom. The Balaban J connectivity index is 1.89. The van der Waals surface area contributed by atoms with Crippen molar-refractivity contribution in [3.63, 3.8) is 0 Å². The summed E-state index contributed by atoms with van der Waals surface area (Å²) < 4.78 is 27.1. The first kappa shape index (κ1) is 17.1. The molecular weight excluding hydrogens is 324 g/mol. The standard InChI is InChI=1S/C14H22N2O2S3/c1-15-8-12-3-2-4-13(7-12)11-21(17,18)16-9-14-10-19-5-6-20-14/h2-4,7,14-16H,5-6,8-11H2,1H3. The molecule has 7 heteroatoms. The van der Waals surface area contributed by atoms with Crippen LogP contribution < -0.4 is 10.0 Å². The maximum atomic E-state index is 12.2. The first-order valence-electron chi connectivity index (χ1n) is 6.98. The van der Waals surface area contributed by atoms with Gasteiger partial charge in [0.05, 0.1) is 5.75 Å². The van der Waals surface area contributed by atoms with E-state index in [9.17, 15) is 8.42 Å². The highest BCUT2D eigenvalue weighted by atomic mass is 32.2. The third kappa shape index (κ3) is 6.20. The Kier molecular flexibility index (Phi) is 6.88. The average Bonchev–Trinajstić information content (AvgIpc) is 2.47. The number of benzene rings is 1. The largest absolute Gasteiger partial charge is 0.316 e. The fraction of sp³-hybridized carbons (Fsp3) is 0.571. The van der Waals surface area contributed by atoms with Crippen LogP contribution in [0.3, 0.4) is 0 Å². The minimum Gasteiger partial charge on any atom is -0.316 e. The highest BCUT2D eigenvalue weighted by Gasteiger charge is 2.18. The van der Waals surface area contributed by atoms with Gasteiger partial charge in [-0.25, -0.2) is 13.1 Å². The van der Waals surface area contributed by atoms with Gasteiger partial charge in [0.25, 0.3) is 0 Å². The Bertz CT molecular complexity index is 543. The molecule has 1 heterocycles. The summed E-state index contributed by atoms with van der Waals surface area (Å²) in [6.07, 6.45) is 0. The topological polar surface area (TPSA) is 58.2 Å². The van der Waals surface area contributed by atoms with Crippen LogP contribution in [0.2, 0.25) is 0 Å². The monoisotopic (exact) mass is 346 g/mol. The van der Waals surface area contributed by atoms with E-state index in [4.69, 9.17) is 0 Å². The van der Waals surface area contributed by atoms with Gasteiger partial charge in [-0.3, -0.25) is 0 Å². The summed E-state index contributed by atoms with van der Waals surface area (Å²) >= 11 is 3.77. The third-order valence-corrected chi connectivity index (χ3v) is 7.31. The lowest BCUT2D eigenvalue weighted by atomic mass is 10.1. The molecule has 0 aliphatic carbocycles. The van der Waals surface area contributed by atoms with Gasteiger partial charge in [0.15, 0.2) is 0 Å². The molecule has 1 fully saturated rings. The Morgan fingerprint density at radius 1 is 1.29 bits per heavy atom. The minimum atomic E-state index is -3.26. The van der Waals surface area contributed by atoms with E-state index >= 15 is 0 Å². The van der Waals surface area contributed by atoms with Crippen LogP contribution in [0.15, 0.2) is 24.3 Å². The fourth-order valence-corrected chi connectivity index (χ4v) is 6.07. The van der Waals surface area contributed by atoms with Gasteiger partial charge >= 0.3 is 0 Å². The summed E-state index contributed by atoms with van der Waals surface area (Å²) in [7, 11) is -1.38. The Morgan fingerprint density at radius 2 is 2.10 bits per heavy atom. The summed E-state index contributed by atoms with van der Waals surface area (Å²) in [6.45, 7) is 1.29. The van der Waals surface area contributed by atoms with E-state index < -0.39 is 10.0 Å². The first-order valence-corrected chi connectivity index (χ1v) is 10.8. The van der Waals surface area contributed by atoms with E-state index in [0.717, 1.165) is 29.2 Å².